The maximum Gasteiger partial charge on any atom is 0.105 e. The molecule has 0 aromatic heterocycles. The van der Waals surface area contributed by atoms with Gasteiger partial charge in [0.2, 0.25) is 0 Å². The second-order valence-electron chi connectivity index (χ2n) is 1.50. The molecular formula is C4H12O5. The molecule has 0 unspecified atom stereocenters. The molecule has 0 saturated carbocycles. The molecule has 0 fully saturated rings. The zero-order chi connectivity index (χ0) is 6.57. The molecule has 6 N–H and O–H groups in total. The average molecular weight is 140 g/mol. The Kier molecular flexibility index (Phi) is 7.63. The lowest BCUT2D eigenvalue weighted by Crippen LogP contribution is -2.31. The molecule has 0 aliphatic heterocycles. The summed E-state index contributed by atoms with van der Waals surface area (Å²) >= 11 is 0. The first-order valence-electron chi connectivity index (χ1n) is 2.30. The van der Waals surface area contributed by atoms with Gasteiger partial charge in [0.1, 0.15) is 12.2 Å². The van der Waals surface area contributed by atoms with E-state index in [1.54, 1.807) is 0 Å². The van der Waals surface area contributed by atoms with Crippen molar-refractivity contribution < 1.29 is 25.9 Å². The van der Waals surface area contributed by atoms with E-state index >= 15 is 0 Å². The van der Waals surface area contributed by atoms with Crippen molar-refractivity contribution in [1.29, 1.82) is 0 Å². The second-order valence-corrected chi connectivity index (χ2v) is 1.50. The average Bonchev–Trinajstić information content (AvgIpc) is 1.84. The van der Waals surface area contributed by atoms with Crippen molar-refractivity contribution in [3.63, 3.8) is 0 Å². The van der Waals surface area contributed by atoms with E-state index < -0.39 is 25.4 Å². The summed E-state index contributed by atoms with van der Waals surface area (Å²) in [5, 5.41) is 33.2. The lowest BCUT2D eigenvalue weighted by Gasteiger charge is -2.10. The molecule has 5 heteroatoms. The molecule has 0 aromatic carbocycles. The van der Waals surface area contributed by atoms with E-state index in [-0.39, 0.29) is 5.48 Å². The number of aliphatic hydroxyl groups is 4. The van der Waals surface area contributed by atoms with Gasteiger partial charge in [-0.3, -0.25) is 0 Å². The normalized spacial score (nSPS) is 16.0. The predicted octanol–water partition coefficient (Wildman–Crippen LogP) is -3.13. The Morgan fingerprint density at radius 2 is 1.11 bits per heavy atom. The molecule has 5 nitrogen and oxygen atoms in total. The van der Waals surface area contributed by atoms with Gasteiger partial charge in [-0.1, -0.05) is 0 Å². The van der Waals surface area contributed by atoms with Crippen LogP contribution in [-0.4, -0.2) is 51.3 Å². The van der Waals surface area contributed by atoms with E-state index in [1.165, 1.54) is 0 Å². The van der Waals surface area contributed by atoms with Crippen molar-refractivity contribution in [3.05, 3.63) is 0 Å². The van der Waals surface area contributed by atoms with Gasteiger partial charge < -0.3 is 25.9 Å². The highest BCUT2D eigenvalue weighted by molar-refractivity contribution is 4.62. The van der Waals surface area contributed by atoms with Crippen LogP contribution in [0, 0.1) is 0 Å². The largest absolute Gasteiger partial charge is 0.412 e. The molecule has 0 rings (SSSR count). The summed E-state index contributed by atoms with van der Waals surface area (Å²) in [6.45, 7) is -1.05. The SMILES string of the molecule is O.OC[C@@H](O)[C@H](O)CO. The van der Waals surface area contributed by atoms with E-state index in [0.29, 0.717) is 0 Å². The predicted molar refractivity (Wildman–Crippen MR) is 29.8 cm³/mol. The maximum absolute atomic E-state index is 8.47. The summed E-state index contributed by atoms with van der Waals surface area (Å²) in [6.07, 6.45) is -2.44. The molecule has 2 atom stereocenters. The summed E-state index contributed by atoms with van der Waals surface area (Å²) in [7, 11) is 0. The van der Waals surface area contributed by atoms with Crippen LogP contribution in [0.3, 0.4) is 0 Å². The number of aliphatic hydroxyl groups excluding tert-OH is 4. The molecule has 9 heavy (non-hydrogen) atoms. The van der Waals surface area contributed by atoms with Crippen molar-refractivity contribution >= 4 is 0 Å². The number of hydrogen-bond acceptors (Lipinski definition) is 4. The summed E-state index contributed by atoms with van der Waals surface area (Å²) in [4.78, 5) is 0. The van der Waals surface area contributed by atoms with Gasteiger partial charge in [-0.15, -0.1) is 0 Å². The minimum atomic E-state index is -1.22. The van der Waals surface area contributed by atoms with Crippen LogP contribution in [-0.2, 0) is 0 Å². The van der Waals surface area contributed by atoms with Crippen LogP contribution in [0.25, 0.3) is 0 Å². The first-order valence-corrected chi connectivity index (χ1v) is 2.30. The van der Waals surface area contributed by atoms with Gasteiger partial charge in [0.15, 0.2) is 0 Å². The van der Waals surface area contributed by atoms with E-state index in [4.69, 9.17) is 20.4 Å². The highest BCUT2D eigenvalue weighted by atomic mass is 16.4. The molecule has 0 amide bonds. The quantitative estimate of drug-likeness (QED) is 0.332. The van der Waals surface area contributed by atoms with E-state index in [1.807, 2.05) is 0 Å². The van der Waals surface area contributed by atoms with Crippen molar-refractivity contribution in [2.24, 2.45) is 0 Å². The smallest absolute Gasteiger partial charge is 0.105 e. The van der Waals surface area contributed by atoms with Crippen LogP contribution in [0.4, 0.5) is 0 Å². The third-order valence-corrected chi connectivity index (χ3v) is 0.818. The van der Waals surface area contributed by atoms with Gasteiger partial charge in [-0.05, 0) is 0 Å². The lowest BCUT2D eigenvalue weighted by atomic mass is 10.2. The zero-order valence-electron chi connectivity index (χ0n) is 4.86. The first-order chi connectivity index (χ1) is 3.72. The minimum Gasteiger partial charge on any atom is -0.412 e. The molecular weight excluding hydrogens is 128 g/mol. The Bertz CT molecular complexity index is 48.9. The zero-order valence-corrected chi connectivity index (χ0v) is 4.86. The standard InChI is InChI=1S/C4H10O4.H2O/c5-1-3(7)4(8)2-6;/h3-8H,1-2H2;1H2/t3-,4-;/m1./s1. The molecule has 0 radical (unpaired) electrons. The summed E-state index contributed by atoms with van der Waals surface area (Å²) in [6, 6.07) is 0. The summed E-state index contributed by atoms with van der Waals surface area (Å²) in [5.74, 6) is 0. The van der Waals surface area contributed by atoms with Crippen LogP contribution >= 0.6 is 0 Å². The molecule has 58 valence electrons. The van der Waals surface area contributed by atoms with Crippen LogP contribution in [0.1, 0.15) is 0 Å². The van der Waals surface area contributed by atoms with Gasteiger partial charge in [-0.2, -0.15) is 0 Å². The lowest BCUT2D eigenvalue weighted by molar-refractivity contribution is -0.0388. The number of hydrogen-bond donors (Lipinski definition) is 4. The third kappa shape index (κ3) is 4.31. The minimum absolute atomic E-state index is 0. The third-order valence-electron chi connectivity index (χ3n) is 0.818. The molecule has 0 bridgehead atoms. The van der Waals surface area contributed by atoms with E-state index in [9.17, 15) is 0 Å². The fraction of sp³-hybridized carbons (Fsp3) is 1.00. The Hall–Kier alpha value is -0.200. The molecule has 0 aromatic rings. The van der Waals surface area contributed by atoms with Gasteiger partial charge in [0.25, 0.3) is 0 Å². The van der Waals surface area contributed by atoms with E-state index in [0.717, 1.165) is 0 Å². The van der Waals surface area contributed by atoms with Crippen molar-refractivity contribution in [2.45, 2.75) is 12.2 Å². The van der Waals surface area contributed by atoms with Gasteiger partial charge in [0.05, 0.1) is 13.2 Å². The van der Waals surface area contributed by atoms with Crippen LogP contribution < -0.4 is 0 Å². The second kappa shape index (κ2) is 5.93. The van der Waals surface area contributed by atoms with Gasteiger partial charge >= 0.3 is 0 Å². The maximum atomic E-state index is 8.47. The van der Waals surface area contributed by atoms with Crippen molar-refractivity contribution in [2.75, 3.05) is 13.2 Å². The Labute approximate surface area is 52.5 Å². The summed E-state index contributed by atoms with van der Waals surface area (Å²) < 4.78 is 0. The van der Waals surface area contributed by atoms with E-state index in [2.05, 4.69) is 0 Å². The Morgan fingerprint density at radius 3 is 1.22 bits per heavy atom. The Morgan fingerprint density at radius 1 is 0.889 bits per heavy atom. The topological polar surface area (TPSA) is 112 Å². The summed E-state index contributed by atoms with van der Waals surface area (Å²) in [5.41, 5.74) is 0. The fourth-order valence-corrected chi connectivity index (χ4v) is 0.243. The van der Waals surface area contributed by atoms with Crippen LogP contribution in [0.5, 0.6) is 0 Å². The molecule has 0 heterocycles. The highest BCUT2D eigenvalue weighted by Gasteiger charge is 2.12. The van der Waals surface area contributed by atoms with Crippen LogP contribution in [0.15, 0.2) is 0 Å². The molecule has 0 aliphatic rings. The number of rotatable bonds is 3. The van der Waals surface area contributed by atoms with Gasteiger partial charge in [-0.25, -0.2) is 0 Å². The Balaban J connectivity index is 0. The highest BCUT2D eigenvalue weighted by Crippen LogP contribution is 1.88. The van der Waals surface area contributed by atoms with Crippen molar-refractivity contribution in [3.8, 4) is 0 Å². The fourth-order valence-electron chi connectivity index (χ4n) is 0.243. The van der Waals surface area contributed by atoms with Crippen molar-refractivity contribution in [1.82, 2.24) is 0 Å². The first kappa shape index (κ1) is 11.6. The molecule has 0 saturated heterocycles. The molecule has 0 aliphatic carbocycles. The van der Waals surface area contributed by atoms with Gasteiger partial charge in [0, 0.05) is 0 Å². The monoisotopic (exact) mass is 140 g/mol. The molecule has 0 spiro atoms. The van der Waals surface area contributed by atoms with Crippen LogP contribution in [0.2, 0.25) is 0 Å².